The molecule has 0 aliphatic heterocycles. The van der Waals surface area contributed by atoms with Crippen molar-refractivity contribution in [3.63, 3.8) is 0 Å². The van der Waals surface area contributed by atoms with Gasteiger partial charge in [-0.1, -0.05) is 24.3 Å². The lowest BCUT2D eigenvalue weighted by atomic mass is 10.1. The van der Waals surface area contributed by atoms with Crippen LogP contribution in [0.2, 0.25) is 0 Å². The fraction of sp³-hybridized carbons (Fsp3) is 0.118. The Morgan fingerprint density at radius 3 is 2.43 bits per heavy atom. The van der Waals surface area contributed by atoms with E-state index in [0.29, 0.717) is 24.7 Å². The maximum atomic E-state index is 11.8. The second-order valence-electron chi connectivity index (χ2n) is 5.09. The molecule has 0 bridgehead atoms. The Morgan fingerprint density at radius 2 is 1.74 bits per heavy atom. The topological polar surface area (TPSA) is 96.7 Å². The highest BCUT2D eigenvalue weighted by atomic mass is 16.1. The van der Waals surface area contributed by atoms with Gasteiger partial charge in [-0.3, -0.25) is 14.8 Å². The molecule has 0 fully saturated rings. The summed E-state index contributed by atoms with van der Waals surface area (Å²) in [5.74, 6) is 0.437. The SMILES string of the molecule is NCc1ccc(CNc2nc(-c3ccncc3)cc(=O)[nH]2)cc1. The Balaban J connectivity index is 1.77. The van der Waals surface area contributed by atoms with Crippen LogP contribution in [0.5, 0.6) is 0 Å². The summed E-state index contributed by atoms with van der Waals surface area (Å²) in [4.78, 5) is 22.9. The molecule has 0 unspecified atom stereocenters. The van der Waals surface area contributed by atoms with Crippen molar-refractivity contribution in [2.45, 2.75) is 13.1 Å². The van der Waals surface area contributed by atoms with Gasteiger partial charge in [0.05, 0.1) is 5.69 Å². The van der Waals surface area contributed by atoms with Gasteiger partial charge in [-0.05, 0) is 23.3 Å². The molecule has 4 N–H and O–H groups in total. The van der Waals surface area contributed by atoms with Gasteiger partial charge in [-0.25, -0.2) is 4.98 Å². The molecule has 1 aromatic carbocycles. The van der Waals surface area contributed by atoms with E-state index in [-0.39, 0.29) is 5.56 Å². The molecule has 0 atom stereocenters. The minimum atomic E-state index is -0.201. The molecular formula is C17H17N5O. The predicted molar refractivity (Wildman–Crippen MR) is 89.7 cm³/mol. The summed E-state index contributed by atoms with van der Waals surface area (Å²) >= 11 is 0. The van der Waals surface area contributed by atoms with Crippen LogP contribution in [0.3, 0.4) is 0 Å². The first-order chi connectivity index (χ1) is 11.2. The van der Waals surface area contributed by atoms with Crippen LogP contribution < -0.4 is 16.6 Å². The number of H-pyrrole nitrogens is 1. The molecule has 0 saturated heterocycles. The highest BCUT2D eigenvalue weighted by molar-refractivity contribution is 5.59. The lowest BCUT2D eigenvalue weighted by molar-refractivity contribution is 1.03. The van der Waals surface area contributed by atoms with Crippen molar-refractivity contribution in [1.29, 1.82) is 0 Å². The second kappa shape index (κ2) is 6.85. The van der Waals surface area contributed by atoms with E-state index >= 15 is 0 Å². The lowest BCUT2D eigenvalue weighted by Crippen LogP contribution is -2.12. The van der Waals surface area contributed by atoms with Crippen molar-refractivity contribution in [3.05, 3.63) is 76.3 Å². The van der Waals surface area contributed by atoms with Crippen molar-refractivity contribution < 1.29 is 0 Å². The van der Waals surface area contributed by atoms with E-state index in [1.807, 2.05) is 36.4 Å². The monoisotopic (exact) mass is 307 g/mol. The summed E-state index contributed by atoms with van der Waals surface area (Å²) in [6, 6.07) is 13.1. The van der Waals surface area contributed by atoms with Crippen LogP contribution in [-0.4, -0.2) is 15.0 Å². The molecule has 0 spiro atoms. The number of nitrogens with zero attached hydrogens (tertiary/aromatic N) is 2. The quantitative estimate of drug-likeness (QED) is 0.669. The van der Waals surface area contributed by atoms with Crippen LogP contribution in [0.1, 0.15) is 11.1 Å². The summed E-state index contributed by atoms with van der Waals surface area (Å²) in [7, 11) is 0. The molecule has 116 valence electrons. The Hall–Kier alpha value is -2.99. The smallest absolute Gasteiger partial charge is 0.252 e. The molecule has 2 aromatic heterocycles. The average molecular weight is 307 g/mol. The molecule has 3 aromatic rings. The first-order valence-corrected chi connectivity index (χ1v) is 7.28. The van der Waals surface area contributed by atoms with Crippen LogP contribution >= 0.6 is 0 Å². The van der Waals surface area contributed by atoms with Crippen molar-refractivity contribution in [2.24, 2.45) is 5.73 Å². The highest BCUT2D eigenvalue weighted by Gasteiger charge is 2.04. The highest BCUT2D eigenvalue weighted by Crippen LogP contribution is 2.15. The number of pyridine rings is 1. The molecule has 6 heteroatoms. The van der Waals surface area contributed by atoms with Gasteiger partial charge < -0.3 is 11.1 Å². The van der Waals surface area contributed by atoms with E-state index in [4.69, 9.17) is 5.73 Å². The Morgan fingerprint density at radius 1 is 1.04 bits per heavy atom. The van der Waals surface area contributed by atoms with Gasteiger partial charge in [0.25, 0.3) is 5.56 Å². The van der Waals surface area contributed by atoms with Gasteiger partial charge in [0.2, 0.25) is 5.95 Å². The zero-order valence-corrected chi connectivity index (χ0v) is 12.5. The van der Waals surface area contributed by atoms with Crippen molar-refractivity contribution in [3.8, 4) is 11.3 Å². The molecule has 3 rings (SSSR count). The molecule has 23 heavy (non-hydrogen) atoms. The number of hydrogen-bond acceptors (Lipinski definition) is 5. The van der Waals surface area contributed by atoms with Crippen LogP contribution in [0, 0.1) is 0 Å². The number of nitrogens with two attached hydrogens (primary N) is 1. The molecule has 0 amide bonds. The molecule has 2 heterocycles. The Labute approximate surface area is 133 Å². The predicted octanol–water partition coefficient (Wildman–Crippen LogP) is 1.90. The Kier molecular flexibility index (Phi) is 4.44. The van der Waals surface area contributed by atoms with Gasteiger partial charge in [-0.2, -0.15) is 0 Å². The first-order valence-electron chi connectivity index (χ1n) is 7.28. The zero-order chi connectivity index (χ0) is 16.1. The van der Waals surface area contributed by atoms with Crippen molar-refractivity contribution >= 4 is 5.95 Å². The van der Waals surface area contributed by atoms with Gasteiger partial charge >= 0.3 is 0 Å². The third-order valence-corrected chi connectivity index (χ3v) is 3.44. The van der Waals surface area contributed by atoms with Gasteiger partial charge in [0.1, 0.15) is 0 Å². The third kappa shape index (κ3) is 3.81. The Bertz CT molecular complexity index is 828. The molecule has 6 nitrogen and oxygen atoms in total. The molecule has 0 aliphatic carbocycles. The number of nitrogens with one attached hydrogen (secondary N) is 2. The maximum Gasteiger partial charge on any atom is 0.252 e. The number of benzene rings is 1. The van der Waals surface area contributed by atoms with Gasteiger partial charge in [0.15, 0.2) is 0 Å². The van der Waals surface area contributed by atoms with E-state index in [2.05, 4.69) is 20.3 Å². The fourth-order valence-electron chi connectivity index (χ4n) is 2.19. The van der Waals surface area contributed by atoms with Crippen LogP contribution in [0.25, 0.3) is 11.3 Å². The number of anilines is 1. The summed E-state index contributed by atoms with van der Waals surface area (Å²) < 4.78 is 0. The largest absolute Gasteiger partial charge is 0.352 e. The van der Waals surface area contributed by atoms with Crippen molar-refractivity contribution in [1.82, 2.24) is 15.0 Å². The summed E-state index contributed by atoms with van der Waals surface area (Å²) in [5, 5.41) is 3.14. The minimum absolute atomic E-state index is 0.201. The molecule has 0 radical (unpaired) electrons. The van der Waals surface area contributed by atoms with Crippen LogP contribution in [-0.2, 0) is 13.1 Å². The standard InChI is InChI=1S/C17H17N5O/c18-10-12-1-3-13(4-2-12)11-20-17-21-15(9-16(23)22-17)14-5-7-19-8-6-14/h1-9H,10-11,18H2,(H2,20,21,22,23). The van der Waals surface area contributed by atoms with E-state index < -0.39 is 0 Å². The summed E-state index contributed by atoms with van der Waals surface area (Å²) in [5.41, 5.74) is 9.01. The number of aromatic nitrogens is 3. The van der Waals surface area contributed by atoms with E-state index in [1.54, 1.807) is 12.4 Å². The lowest BCUT2D eigenvalue weighted by Gasteiger charge is -2.08. The first kappa shape index (κ1) is 14.9. The minimum Gasteiger partial charge on any atom is -0.352 e. The normalized spacial score (nSPS) is 10.5. The van der Waals surface area contributed by atoms with Crippen LogP contribution in [0.4, 0.5) is 5.95 Å². The molecular weight excluding hydrogens is 290 g/mol. The fourth-order valence-corrected chi connectivity index (χ4v) is 2.19. The van der Waals surface area contributed by atoms with E-state index in [0.717, 1.165) is 16.7 Å². The molecule has 0 aliphatic rings. The van der Waals surface area contributed by atoms with Gasteiger partial charge in [0, 0.05) is 37.1 Å². The van der Waals surface area contributed by atoms with E-state index in [9.17, 15) is 4.79 Å². The zero-order valence-electron chi connectivity index (χ0n) is 12.5. The number of aromatic amines is 1. The van der Waals surface area contributed by atoms with Crippen LogP contribution in [0.15, 0.2) is 59.7 Å². The third-order valence-electron chi connectivity index (χ3n) is 3.44. The molecule has 0 saturated carbocycles. The van der Waals surface area contributed by atoms with Crippen molar-refractivity contribution in [2.75, 3.05) is 5.32 Å². The number of hydrogen-bond donors (Lipinski definition) is 3. The van der Waals surface area contributed by atoms with E-state index in [1.165, 1.54) is 6.07 Å². The average Bonchev–Trinajstić information content (AvgIpc) is 2.61. The summed E-state index contributed by atoms with van der Waals surface area (Å²) in [6.07, 6.45) is 3.34. The maximum absolute atomic E-state index is 11.8. The number of rotatable bonds is 5. The van der Waals surface area contributed by atoms with Gasteiger partial charge in [-0.15, -0.1) is 0 Å². The second-order valence-corrected chi connectivity index (χ2v) is 5.09. The summed E-state index contributed by atoms with van der Waals surface area (Å²) in [6.45, 7) is 1.09.